The highest BCUT2D eigenvalue weighted by Gasteiger charge is 2.29. The summed E-state index contributed by atoms with van der Waals surface area (Å²) in [5.74, 6) is 1.27. The van der Waals surface area contributed by atoms with Crippen LogP contribution >= 0.6 is 0 Å². The van der Waals surface area contributed by atoms with E-state index < -0.39 is 0 Å². The second-order valence-corrected chi connectivity index (χ2v) is 8.73. The van der Waals surface area contributed by atoms with Gasteiger partial charge >= 0.3 is 0 Å². The average Bonchev–Trinajstić information content (AvgIpc) is 3.46. The maximum atomic E-state index is 13.9. The third-order valence-electron chi connectivity index (χ3n) is 6.16. The quantitative estimate of drug-likeness (QED) is 0.557. The van der Waals surface area contributed by atoms with Gasteiger partial charge in [-0.1, -0.05) is 0 Å². The maximum Gasteiger partial charge on any atom is 0.166 e. The molecule has 2 aliphatic rings. The van der Waals surface area contributed by atoms with E-state index in [2.05, 4.69) is 46.7 Å². The van der Waals surface area contributed by atoms with Crippen molar-refractivity contribution in [2.75, 3.05) is 18.0 Å². The van der Waals surface area contributed by atoms with Gasteiger partial charge in [0.25, 0.3) is 0 Å². The lowest BCUT2D eigenvalue weighted by atomic mass is 10.1. The van der Waals surface area contributed by atoms with Crippen LogP contribution in [0.1, 0.15) is 38.3 Å². The number of pyridine rings is 1. The smallest absolute Gasteiger partial charge is 0.166 e. The third kappa shape index (κ3) is 2.77. The highest BCUT2D eigenvalue weighted by atomic mass is 19.1. The van der Waals surface area contributed by atoms with Gasteiger partial charge < -0.3 is 10.2 Å². The second kappa shape index (κ2) is 6.13. The number of benzene rings is 1. The molecule has 2 fully saturated rings. The largest absolute Gasteiger partial charge is 0.353 e. The molecule has 1 N–H and O–H groups in total. The van der Waals surface area contributed by atoms with Gasteiger partial charge in [-0.05, 0) is 63.1 Å². The molecule has 0 unspecified atom stereocenters. The van der Waals surface area contributed by atoms with E-state index in [1.807, 2.05) is 6.07 Å². The number of anilines is 1. The Morgan fingerprint density at radius 1 is 0.966 bits per heavy atom. The minimum absolute atomic E-state index is 0.212. The van der Waals surface area contributed by atoms with Gasteiger partial charge in [0.15, 0.2) is 5.65 Å². The van der Waals surface area contributed by atoms with Gasteiger partial charge in [-0.2, -0.15) is 0 Å². The average molecular weight is 389 g/mol. The molecule has 4 aromatic rings. The molecule has 6 rings (SSSR count). The van der Waals surface area contributed by atoms with Crippen LogP contribution in [0, 0.1) is 5.82 Å². The van der Waals surface area contributed by atoms with Gasteiger partial charge in [0.1, 0.15) is 17.2 Å². The highest BCUT2D eigenvalue weighted by Crippen LogP contribution is 2.43. The summed E-state index contributed by atoms with van der Waals surface area (Å²) in [6.45, 7) is 6.27. The first-order valence-electron chi connectivity index (χ1n) is 10.5. The number of halogens is 1. The third-order valence-corrected chi connectivity index (χ3v) is 6.16. The summed E-state index contributed by atoms with van der Waals surface area (Å²) < 4.78 is 16.1. The SMILES string of the molecule is C[C@@H]1CN(c2ccc3nc(C4CC4)c4cc5cc(F)ccc5n4c3n2)C[C@H](C)N1. The topological polar surface area (TPSA) is 45.5 Å². The number of nitrogens with zero attached hydrogens (tertiary/aromatic N) is 4. The van der Waals surface area contributed by atoms with Gasteiger partial charge in [0.05, 0.1) is 16.7 Å². The number of rotatable bonds is 2. The van der Waals surface area contributed by atoms with Gasteiger partial charge in [-0.3, -0.25) is 4.40 Å². The van der Waals surface area contributed by atoms with E-state index in [0.29, 0.717) is 18.0 Å². The van der Waals surface area contributed by atoms with Crippen molar-refractivity contribution in [1.29, 1.82) is 0 Å². The Bertz CT molecular complexity index is 1250. The predicted octanol–water partition coefficient (Wildman–Crippen LogP) is 4.24. The first-order valence-corrected chi connectivity index (χ1v) is 10.5. The Morgan fingerprint density at radius 3 is 2.52 bits per heavy atom. The molecule has 2 atom stereocenters. The van der Waals surface area contributed by atoms with E-state index in [4.69, 9.17) is 9.97 Å². The Kier molecular flexibility index (Phi) is 3.63. The van der Waals surface area contributed by atoms with Crippen molar-refractivity contribution in [2.24, 2.45) is 0 Å². The van der Waals surface area contributed by atoms with Crippen molar-refractivity contribution < 1.29 is 4.39 Å². The van der Waals surface area contributed by atoms with Crippen molar-refractivity contribution in [3.8, 4) is 0 Å². The fourth-order valence-electron chi connectivity index (χ4n) is 4.82. The van der Waals surface area contributed by atoms with E-state index in [0.717, 1.165) is 52.2 Å². The lowest BCUT2D eigenvalue weighted by Crippen LogP contribution is -2.54. The summed E-state index contributed by atoms with van der Waals surface area (Å²) in [7, 11) is 0. The minimum Gasteiger partial charge on any atom is -0.353 e. The van der Waals surface area contributed by atoms with Gasteiger partial charge in [0.2, 0.25) is 0 Å². The van der Waals surface area contributed by atoms with E-state index in [1.165, 1.54) is 18.9 Å². The molecule has 0 spiro atoms. The van der Waals surface area contributed by atoms with Gasteiger partial charge in [-0.15, -0.1) is 0 Å². The molecule has 29 heavy (non-hydrogen) atoms. The molecule has 1 saturated heterocycles. The number of aromatic nitrogens is 3. The van der Waals surface area contributed by atoms with Crippen LogP contribution in [0.2, 0.25) is 0 Å². The first-order chi connectivity index (χ1) is 14.1. The Morgan fingerprint density at radius 2 is 1.76 bits per heavy atom. The number of nitrogens with one attached hydrogen (secondary N) is 1. The molecule has 6 heteroatoms. The summed E-state index contributed by atoms with van der Waals surface area (Å²) in [6.07, 6.45) is 2.35. The molecule has 148 valence electrons. The minimum atomic E-state index is -0.212. The molecule has 0 radical (unpaired) electrons. The number of piperazine rings is 1. The zero-order valence-electron chi connectivity index (χ0n) is 16.7. The van der Waals surface area contributed by atoms with Crippen molar-refractivity contribution in [3.05, 3.63) is 47.9 Å². The van der Waals surface area contributed by atoms with Crippen LogP contribution in [0.3, 0.4) is 0 Å². The molecule has 1 aliphatic heterocycles. The van der Waals surface area contributed by atoms with Gasteiger partial charge in [-0.25, -0.2) is 14.4 Å². The normalized spacial score (nSPS) is 22.8. The molecule has 1 saturated carbocycles. The van der Waals surface area contributed by atoms with Crippen LogP contribution < -0.4 is 10.2 Å². The maximum absolute atomic E-state index is 13.9. The summed E-state index contributed by atoms with van der Waals surface area (Å²) in [5, 5.41) is 4.48. The number of hydrogen-bond donors (Lipinski definition) is 1. The second-order valence-electron chi connectivity index (χ2n) is 8.73. The highest BCUT2D eigenvalue weighted by molar-refractivity contribution is 5.93. The van der Waals surface area contributed by atoms with Crippen LogP contribution in [-0.4, -0.2) is 39.5 Å². The monoisotopic (exact) mass is 389 g/mol. The van der Waals surface area contributed by atoms with Crippen molar-refractivity contribution in [3.63, 3.8) is 0 Å². The van der Waals surface area contributed by atoms with Crippen LogP contribution in [0.5, 0.6) is 0 Å². The first kappa shape index (κ1) is 17.2. The van der Waals surface area contributed by atoms with E-state index in [9.17, 15) is 4.39 Å². The Balaban J connectivity index is 1.61. The lowest BCUT2D eigenvalue weighted by molar-refractivity contribution is 0.405. The van der Waals surface area contributed by atoms with Crippen molar-refractivity contribution in [2.45, 2.75) is 44.7 Å². The fraction of sp³-hybridized carbons (Fsp3) is 0.391. The summed E-state index contributed by atoms with van der Waals surface area (Å²) in [4.78, 5) is 12.4. The van der Waals surface area contributed by atoms with Crippen molar-refractivity contribution >= 4 is 33.4 Å². The molecule has 0 amide bonds. The molecule has 5 nitrogen and oxygen atoms in total. The van der Waals surface area contributed by atoms with E-state index >= 15 is 0 Å². The molecular formula is C23H24FN5. The molecule has 0 bridgehead atoms. The molecule has 1 aliphatic carbocycles. The van der Waals surface area contributed by atoms with Crippen molar-refractivity contribution in [1.82, 2.24) is 19.7 Å². The lowest BCUT2D eigenvalue weighted by Gasteiger charge is -2.37. The Labute approximate surface area is 168 Å². The molecule has 3 aromatic heterocycles. The van der Waals surface area contributed by atoms with E-state index in [1.54, 1.807) is 6.07 Å². The van der Waals surface area contributed by atoms with Gasteiger partial charge in [0, 0.05) is 36.5 Å². The van der Waals surface area contributed by atoms with Crippen LogP contribution in [0.4, 0.5) is 10.2 Å². The van der Waals surface area contributed by atoms with E-state index in [-0.39, 0.29) is 5.82 Å². The predicted molar refractivity (Wildman–Crippen MR) is 114 cm³/mol. The summed E-state index contributed by atoms with van der Waals surface area (Å²) in [6, 6.07) is 12.1. The molecule has 4 heterocycles. The summed E-state index contributed by atoms with van der Waals surface area (Å²) >= 11 is 0. The molecule has 1 aromatic carbocycles. The Hall–Kier alpha value is -2.73. The van der Waals surface area contributed by atoms with Crippen LogP contribution in [0.15, 0.2) is 36.4 Å². The van der Waals surface area contributed by atoms with Crippen LogP contribution in [0.25, 0.3) is 27.6 Å². The zero-order valence-corrected chi connectivity index (χ0v) is 16.7. The summed E-state index contributed by atoms with van der Waals surface area (Å²) in [5.41, 5.74) is 4.92. The number of hydrogen-bond acceptors (Lipinski definition) is 4. The zero-order chi connectivity index (χ0) is 19.7. The number of fused-ring (bicyclic) bond motifs is 5. The standard InChI is InChI=1S/C23H24FN5/c1-13-11-28(12-14(2)25-13)21-8-6-18-23(27-21)29-19-7-5-17(24)9-16(19)10-20(29)22(26-18)15-3-4-15/h5-10,13-15,25H,3-4,11-12H2,1-2H3/t13-,14+. The molecular weight excluding hydrogens is 365 g/mol. The van der Waals surface area contributed by atoms with Crippen LogP contribution in [-0.2, 0) is 0 Å². The fourth-order valence-corrected chi connectivity index (χ4v) is 4.82.